The summed E-state index contributed by atoms with van der Waals surface area (Å²) in [7, 11) is -3.38. The van der Waals surface area contributed by atoms with Crippen LogP contribution in [0.3, 0.4) is 0 Å². The Morgan fingerprint density at radius 3 is 1.88 bits per heavy atom. The van der Waals surface area contributed by atoms with Gasteiger partial charge in [0.25, 0.3) is 0 Å². The van der Waals surface area contributed by atoms with Crippen molar-refractivity contribution in [1.29, 1.82) is 0 Å². The predicted molar refractivity (Wildman–Crippen MR) is 121 cm³/mol. The first-order valence-corrected chi connectivity index (χ1v) is 12.6. The molecule has 0 bridgehead atoms. The molecule has 0 unspecified atom stereocenters. The van der Waals surface area contributed by atoms with Crippen LogP contribution in [0.4, 0.5) is 39.5 Å². The standard InChI is InChI=1S/C18H16F3N3O2S.2C2HF3O2/c1-27(25,26)9-2-3-16-17(4-9)24-8-15(22)11(6-18(24)23-16)10-5-13(20)14(21)7-12(10)19;2*3-2(4,5)1(6)7/h2-5,7,11,15H,6,8,22H2,1H3;2*(H,6,7)/t11-,15+;;/m1../s1. The molecule has 41 heavy (non-hydrogen) atoms. The van der Waals surface area contributed by atoms with E-state index in [1.54, 1.807) is 10.6 Å². The Morgan fingerprint density at radius 2 is 1.41 bits per heavy atom. The average Bonchev–Trinajstić information content (AvgIpc) is 3.16. The van der Waals surface area contributed by atoms with Crippen LogP contribution in [0.5, 0.6) is 0 Å². The molecule has 3 aromatic rings. The lowest BCUT2D eigenvalue weighted by Gasteiger charge is -2.30. The zero-order chi connectivity index (χ0) is 31.7. The maximum absolute atomic E-state index is 14.2. The Balaban J connectivity index is 0.000000349. The number of aromatic nitrogens is 2. The molecule has 1 aromatic heterocycles. The molecule has 0 saturated carbocycles. The Labute approximate surface area is 223 Å². The topological polar surface area (TPSA) is 153 Å². The van der Waals surface area contributed by atoms with Gasteiger partial charge in [0.1, 0.15) is 11.6 Å². The molecule has 0 spiro atoms. The van der Waals surface area contributed by atoms with Gasteiger partial charge in [-0.15, -0.1) is 0 Å². The highest BCUT2D eigenvalue weighted by molar-refractivity contribution is 7.90. The van der Waals surface area contributed by atoms with Crippen molar-refractivity contribution in [2.75, 3.05) is 6.26 Å². The summed E-state index contributed by atoms with van der Waals surface area (Å²) in [6.07, 6.45) is -8.82. The summed E-state index contributed by atoms with van der Waals surface area (Å²) < 4.78 is 130. The molecule has 4 N–H and O–H groups in total. The molecule has 1 aliphatic rings. The smallest absolute Gasteiger partial charge is 0.475 e. The number of nitrogens with zero attached hydrogens (tertiary/aromatic N) is 2. The first-order valence-electron chi connectivity index (χ1n) is 10.7. The minimum Gasteiger partial charge on any atom is -0.475 e. The normalized spacial score (nSPS) is 17.0. The van der Waals surface area contributed by atoms with Crippen molar-refractivity contribution < 1.29 is 67.7 Å². The van der Waals surface area contributed by atoms with Gasteiger partial charge in [0.15, 0.2) is 21.5 Å². The lowest BCUT2D eigenvalue weighted by atomic mass is 9.86. The molecule has 1 aliphatic heterocycles. The summed E-state index contributed by atoms with van der Waals surface area (Å²) in [5.74, 6) is -8.72. The molecule has 0 amide bonds. The van der Waals surface area contributed by atoms with Crippen LogP contribution in [0.2, 0.25) is 0 Å². The van der Waals surface area contributed by atoms with Gasteiger partial charge in [0.2, 0.25) is 0 Å². The second-order valence-corrected chi connectivity index (χ2v) is 10.4. The number of fused-ring (bicyclic) bond motifs is 3. The van der Waals surface area contributed by atoms with E-state index in [0.29, 0.717) is 22.9 Å². The van der Waals surface area contributed by atoms with E-state index in [1.165, 1.54) is 12.1 Å². The maximum Gasteiger partial charge on any atom is 0.490 e. The number of benzene rings is 2. The minimum absolute atomic E-state index is 0.0107. The van der Waals surface area contributed by atoms with Gasteiger partial charge in [-0.1, -0.05) is 0 Å². The number of carbonyl (C=O) groups is 2. The zero-order valence-corrected chi connectivity index (χ0v) is 21.1. The Kier molecular flexibility index (Phi) is 9.70. The Hall–Kier alpha value is -3.87. The molecule has 2 aromatic carbocycles. The monoisotopic (exact) mass is 623 g/mol. The molecule has 9 nitrogen and oxygen atoms in total. The molecule has 19 heteroatoms. The summed E-state index contributed by atoms with van der Waals surface area (Å²) in [6, 6.07) is 5.41. The van der Waals surface area contributed by atoms with Gasteiger partial charge in [0, 0.05) is 37.2 Å². The van der Waals surface area contributed by atoms with Gasteiger partial charge < -0.3 is 20.5 Å². The fourth-order valence-corrected chi connectivity index (χ4v) is 4.23. The summed E-state index contributed by atoms with van der Waals surface area (Å²) in [4.78, 5) is 22.4. The largest absolute Gasteiger partial charge is 0.490 e. The van der Waals surface area contributed by atoms with Gasteiger partial charge in [-0.2, -0.15) is 26.3 Å². The van der Waals surface area contributed by atoms with E-state index in [0.717, 1.165) is 12.3 Å². The fourth-order valence-electron chi connectivity index (χ4n) is 3.59. The quantitative estimate of drug-likeness (QED) is 0.288. The molecule has 0 fully saturated rings. The summed E-state index contributed by atoms with van der Waals surface area (Å²) >= 11 is 0. The van der Waals surface area contributed by atoms with E-state index in [1.807, 2.05) is 0 Å². The van der Waals surface area contributed by atoms with E-state index < -0.39 is 63.5 Å². The third-order valence-corrected chi connectivity index (χ3v) is 6.57. The Bertz CT molecular complexity index is 1550. The van der Waals surface area contributed by atoms with Gasteiger partial charge in [0.05, 0.1) is 15.9 Å². The third-order valence-electron chi connectivity index (χ3n) is 5.46. The number of carboxylic acids is 2. The van der Waals surface area contributed by atoms with Gasteiger partial charge >= 0.3 is 24.3 Å². The molecule has 4 rings (SSSR count). The third kappa shape index (κ3) is 8.32. The number of hydrogen-bond donors (Lipinski definition) is 3. The molecule has 0 aliphatic carbocycles. The van der Waals surface area contributed by atoms with Crippen LogP contribution in [0, 0.1) is 17.5 Å². The van der Waals surface area contributed by atoms with Gasteiger partial charge in [-0.25, -0.2) is 36.2 Å². The highest BCUT2D eigenvalue weighted by Gasteiger charge is 2.39. The second-order valence-electron chi connectivity index (χ2n) is 8.43. The van der Waals surface area contributed by atoms with Crippen molar-refractivity contribution in [1.82, 2.24) is 9.55 Å². The highest BCUT2D eigenvalue weighted by Crippen LogP contribution is 2.34. The van der Waals surface area contributed by atoms with Crippen LogP contribution in [-0.4, -0.2) is 64.8 Å². The number of hydrogen-bond acceptors (Lipinski definition) is 6. The number of alkyl halides is 6. The van der Waals surface area contributed by atoms with E-state index in [-0.39, 0.29) is 23.4 Å². The van der Waals surface area contributed by atoms with E-state index in [9.17, 15) is 47.9 Å². The lowest BCUT2D eigenvalue weighted by Crippen LogP contribution is -2.39. The first kappa shape index (κ1) is 33.3. The van der Waals surface area contributed by atoms with Crippen molar-refractivity contribution in [3.8, 4) is 0 Å². The van der Waals surface area contributed by atoms with Crippen molar-refractivity contribution >= 4 is 32.8 Å². The van der Waals surface area contributed by atoms with Gasteiger partial charge in [-0.05, 0) is 29.8 Å². The van der Waals surface area contributed by atoms with Crippen LogP contribution in [-0.2, 0) is 32.4 Å². The van der Waals surface area contributed by atoms with Crippen molar-refractivity contribution in [3.63, 3.8) is 0 Å². The van der Waals surface area contributed by atoms with Crippen molar-refractivity contribution in [2.24, 2.45) is 5.73 Å². The number of nitrogens with two attached hydrogens (primary N) is 1. The number of aliphatic carboxylic acids is 2. The van der Waals surface area contributed by atoms with Crippen molar-refractivity contribution in [3.05, 3.63) is 59.2 Å². The number of sulfone groups is 1. The predicted octanol–water partition coefficient (Wildman–Crippen LogP) is 3.79. The van der Waals surface area contributed by atoms with Gasteiger partial charge in [-0.3, -0.25) is 0 Å². The zero-order valence-electron chi connectivity index (χ0n) is 20.3. The number of carboxylic acid groups (broad SMARTS) is 2. The summed E-state index contributed by atoms with van der Waals surface area (Å²) in [6.45, 7) is 0.252. The van der Waals surface area contributed by atoms with Crippen LogP contribution < -0.4 is 5.73 Å². The summed E-state index contributed by atoms with van der Waals surface area (Å²) in [5, 5.41) is 14.2. The average molecular weight is 623 g/mol. The van der Waals surface area contributed by atoms with Crippen LogP contribution in [0.25, 0.3) is 11.0 Å². The maximum atomic E-state index is 14.2. The second kappa shape index (κ2) is 11.9. The molecule has 2 heterocycles. The number of imidazole rings is 1. The molecular formula is C22H18F9N3O6S. The Morgan fingerprint density at radius 1 is 0.927 bits per heavy atom. The SMILES string of the molecule is CS(=O)(=O)c1ccc2nc3n(c2c1)C[C@H](N)[C@@H](c1cc(F)c(F)cc1F)C3.O=C(O)C(F)(F)F.O=C(O)C(F)(F)F. The van der Waals surface area contributed by atoms with E-state index in [2.05, 4.69) is 4.98 Å². The van der Waals surface area contributed by atoms with Crippen molar-refractivity contribution in [2.45, 2.75) is 42.2 Å². The van der Waals surface area contributed by atoms with Crippen LogP contribution in [0.1, 0.15) is 17.3 Å². The molecule has 2 atom stereocenters. The van der Waals surface area contributed by atoms with E-state index >= 15 is 0 Å². The first-order chi connectivity index (χ1) is 18.5. The molecular weight excluding hydrogens is 605 g/mol. The minimum atomic E-state index is -5.08. The lowest BCUT2D eigenvalue weighted by molar-refractivity contribution is -0.193. The van der Waals surface area contributed by atoms with Crippen LogP contribution in [0.15, 0.2) is 35.2 Å². The highest BCUT2D eigenvalue weighted by atomic mass is 32.2. The number of halogens is 9. The number of rotatable bonds is 2. The fraction of sp³-hybridized carbons (Fsp3) is 0.318. The molecule has 0 radical (unpaired) electrons. The summed E-state index contributed by atoms with van der Waals surface area (Å²) in [5.41, 5.74) is 7.43. The van der Waals surface area contributed by atoms with Crippen LogP contribution >= 0.6 is 0 Å². The molecule has 0 saturated heterocycles. The van der Waals surface area contributed by atoms with E-state index in [4.69, 9.17) is 25.5 Å². The molecule has 226 valence electrons.